The van der Waals surface area contributed by atoms with Crippen LogP contribution in [0.1, 0.15) is 98.9 Å². The molecule has 0 atom stereocenters. The SMILES string of the molecule is C=C(C)C(=O)OCCCc1cc(N(c2ccc(CCOC(=O)C(=C)C)cc2)c2ccc(-c3ccc(N(c4ccc(CCOC(=O)C(=C)C)cc4)c4ccc(CCOC(=O)C(=C)C)c(CCCOC(=O)C(=C)C)c4)c(C)c3)cc2C)ccc1CCOC(=O)C(=C)C. The number of anilines is 6. The molecule has 0 fully saturated rings. The van der Waals surface area contributed by atoms with Gasteiger partial charge in [0.25, 0.3) is 0 Å². The average molecular weight is 1220 g/mol. The van der Waals surface area contributed by atoms with Crippen LogP contribution in [0.4, 0.5) is 34.1 Å². The van der Waals surface area contributed by atoms with E-state index < -0.39 is 35.8 Å². The quantitative estimate of drug-likeness (QED) is 0.0165. The molecule has 0 bridgehead atoms. The van der Waals surface area contributed by atoms with Crippen LogP contribution < -0.4 is 9.80 Å². The summed E-state index contributed by atoms with van der Waals surface area (Å²) in [7, 11) is 0. The summed E-state index contributed by atoms with van der Waals surface area (Å²) in [5.41, 5.74) is 17.2. The van der Waals surface area contributed by atoms with Crippen molar-refractivity contribution in [1.29, 1.82) is 0 Å². The third-order valence-electron chi connectivity index (χ3n) is 14.7. The van der Waals surface area contributed by atoms with Gasteiger partial charge in [0.05, 0.1) is 39.6 Å². The molecule has 470 valence electrons. The van der Waals surface area contributed by atoms with Gasteiger partial charge in [0.1, 0.15) is 0 Å². The van der Waals surface area contributed by atoms with Gasteiger partial charge in [-0.2, -0.15) is 0 Å². The molecule has 0 aromatic heterocycles. The lowest BCUT2D eigenvalue weighted by atomic mass is 9.96. The van der Waals surface area contributed by atoms with Crippen molar-refractivity contribution in [2.24, 2.45) is 0 Å². The molecule has 90 heavy (non-hydrogen) atoms. The topological polar surface area (TPSA) is 164 Å². The van der Waals surface area contributed by atoms with E-state index in [1.165, 1.54) is 0 Å². The highest BCUT2D eigenvalue weighted by atomic mass is 16.6. The number of hydrogen-bond acceptors (Lipinski definition) is 14. The van der Waals surface area contributed by atoms with Gasteiger partial charge in [-0.1, -0.05) is 88.0 Å². The van der Waals surface area contributed by atoms with Crippen LogP contribution in [0.15, 0.2) is 194 Å². The molecule has 0 spiro atoms. The number of benzene rings is 6. The van der Waals surface area contributed by atoms with Crippen molar-refractivity contribution in [2.45, 2.75) is 107 Å². The zero-order valence-corrected chi connectivity index (χ0v) is 53.5. The molecule has 6 aromatic rings. The maximum atomic E-state index is 12.4. The second-order valence-corrected chi connectivity index (χ2v) is 22.6. The van der Waals surface area contributed by atoms with Gasteiger partial charge in [-0.05, 0) is 210 Å². The highest BCUT2D eigenvalue weighted by Gasteiger charge is 2.22. The van der Waals surface area contributed by atoms with Crippen molar-refractivity contribution in [1.82, 2.24) is 0 Å². The minimum atomic E-state index is -0.459. The molecular formula is C76H84N2O12. The lowest BCUT2D eigenvalue weighted by Gasteiger charge is -2.29. The molecule has 0 aliphatic rings. The Balaban J connectivity index is 1.41. The summed E-state index contributed by atoms with van der Waals surface area (Å²) in [6, 6.07) is 41.6. The molecule has 6 aromatic carbocycles. The number of aryl methyl sites for hydroxylation is 4. The maximum Gasteiger partial charge on any atom is 0.333 e. The predicted octanol–water partition coefficient (Wildman–Crippen LogP) is 15.7. The highest BCUT2D eigenvalue weighted by Crippen LogP contribution is 2.42. The predicted molar refractivity (Wildman–Crippen MR) is 357 cm³/mol. The lowest BCUT2D eigenvalue weighted by molar-refractivity contribution is -0.139. The Kier molecular flexibility index (Phi) is 25.8. The molecule has 6 rings (SSSR count). The number of rotatable bonds is 33. The molecule has 0 saturated carbocycles. The van der Waals surface area contributed by atoms with Crippen LogP contribution in [0.2, 0.25) is 0 Å². The molecule has 0 aliphatic carbocycles. The number of hydrogen-bond donors (Lipinski definition) is 0. The van der Waals surface area contributed by atoms with Gasteiger partial charge >= 0.3 is 35.8 Å². The van der Waals surface area contributed by atoms with Crippen LogP contribution in [0.25, 0.3) is 11.1 Å². The first-order chi connectivity index (χ1) is 42.9. The van der Waals surface area contributed by atoms with E-state index in [0.29, 0.717) is 84.8 Å². The second kappa shape index (κ2) is 33.5. The van der Waals surface area contributed by atoms with E-state index in [0.717, 1.165) is 89.8 Å². The largest absolute Gasteiger partial charge is 0.462 e. The molecule has 14 heteroatoms. The van der Waals surface area contributed by atoms with E-state index in [1.54, 1.807) is 41.5 Å². The fraction of sp³-hybridized carbons (Fsp3) is 0.289. The van der Waals surface area contributed by atoms with Crippen LogP contribution in [0.3, 0.4) is 0 Å². The second-order valence-electron chi connectivity index (χ2n) is 22.6. The van der Waals surface area contributed by atoms with E-state index >= 15 is 0 Å². The standard InChI is InChI=1S/C76H84N2O12/c1-49(2)71(79)85-39-15-17-61-47-67(31-23-59(61)37-43-89-75(83)53(9)10)77(65-27-19-57(20-28-65)35-41-87-73(81)51(5)6)69-33-25-63(45-55(69)13)64-26-34-70(56(14)46-64)78(66-29-21-58(22-30-66)36-42-88-74(82)52(7)8)68-32-24-60(38-44-90-76(84)54(11)12)62(48-68)18-16-40-86-72(80)50(3)4/h19-34,45-48H,1,3,5,7,9,11,15-18,35-44H2,2,4,6,8,10,12-14H3. The molecule has 0 amide bonds. The zero-order valence-electron chi connectivity index (χ0n) is 53.5. The Hall–Kier alpha value is -9.82. The van der Waals surface area contributed by atoms with Crippen LogP contribution in [0.5, 0.6) is 0 Å². The number of ether oxygens (including phenoxy) is 6. The van der Waals surface area contributed by atoms with E-state index in [-0.39, 0.29) is 39.6 Å². The summed E-state index contributed by atoms with van der Waals surface area (Å²) >= 11 is 0. The number of carbonyl (C=O) groups is 6. The van der Waals surface area contributed by atoms with Crippen LogP contribution in [0, 0.1) is 13.8 Å². The molecular weight excluding hydrogens is 1130 g/mol. The van der Waals surface area contributed by atoms with E-state index in [2.05, 4.69) is 136 Å². The first-order valence-corrected chi connectivity index (χ1v) is 30.1. The van der Waals surface area contributed by atoms with E-state index in [9.17, 15) is 28.8 Å². The zero-order chi connectivity index (χ0) is 65.6. The van der Waals surface area contributed by atoms with E-state index in [4.69, 9.17) is 28.4 Å². The summed E-state index contributed by atoms with van der Waals surface area (Å²) in [6.07, 6.45) is 4.15. The van der Waals surface area contributed by atoms with Crippen molar-refractivity contribution in [3.63, 3.8) is 0 Å². The fourth-order valence-electron chi connectivity index (χ4n) is 9.73. The lowest BCUT2D eigenvalue weighted by Crippen LogP contribution is -2.14. The average Bonchev–Trinajstić information content (AvgIpc) is 0.817. The molecule has 0 saturated heterocycles. The van der Waals surface area contributed by atoms with Gasteiger partial charge in [-0.15, -0.1) is 0 Å². The summed E-state index contributed by atoms with van der Waals surface area (Å²) in [4.78, 5) is 78.3. The first-order valence-electron chi connectivity index (χ1n) is 30.1. The van der Waals surface area contributed by atoms with Crippen LogP contribution >= 0.6 is 0 Å². The Morgan fingerprint density at radius 2 is 0.589 bits per heavy atom. The Morgan fingerprint density at radius 1 is 0.311 bits per heavy atom. The Labute approximate surface area is 530 Å². The van der Waals surface area contributed by atoms with Gasteiger partial charge in [-0.25, -0.2) is 28.8 Å². The van der Waals surface area contributed by atoms with Crippen molar-refractivity contribution >= 4 is 69.9 Å². The van der Waals surface area contributed by atoms with Gasteiger partial charge < -0.3 is 38.2 Å². The van der Waals surface area contributed by atoms with Gasteiger partial charge in [0.2, 0.25) is 0 Å². The summed E-state index contributed by atoms with van der Waals surface area (Å²) in [6.45, 7) is 37.2. The normalized spacial score (nSPS) is 10.7. The smallest absolute Gasteiger partial charge is 0.333 e. The van der Waals surface area contributed by atoms with Crippen LogP contribution in [-0.2, 0) is 95.7 Å². The van der Waals surface area contributed by atoms with Gasteiger partial charge in [0, 0.05) is 93.2 Å². The molecule has 0 heterocycles. The third kappa shape index (κ3) is 20.1. The van der Waals surface area contributed by atoms with Crippen molar-refractivity contribution in [3.05, 3.63) is 239 Å². The highest BCUT2D eigenvalue weighted by molar-refractivity contribution is 5.90. The van der Waals surface area contributed by atoms with Crippen molar-refractivity contribution in [3.8, 4) is 11.1 Å². The first kappa shape index (κ1) is 69.3. The minimum absolute atomic E-state index is 0.156. The fourth-order valence-corrected chi connectivity index (χ4v) is 9.73. The monoisotopic (exact) mass is 1220 g/mol. The van der Waals surface area contributed by atoms with E-state index in [1.807, 2.05) is 48.5 Å². The minimum Gasteiger partial charge on any atom is -0.462 e. The molecule has 0 N–H and O–H groups in total. The summed E-state index contributed by atoms with van der Waals surface area (Å²) in [5.74, 6) is -2.68. The maximum absolute atomic E-state index is 12.4. The molecule has 0 aliphatic heterocycles. The third-order valence-corrected chi connectivity index (χ3v) is 14.7. The molecule has 14 nitrogen and oxygen atoms in total. The van der Waals surface area contributed by atoms with Crippen molar-refractivity contribution < 1.29 is 57.2 Å². The Bertz CT molecular complexity index is 3440. The number of esters is 6. The Morgan fingerprint density at radius 3 is 0.878 bits per heavy atom. The van der Waals surface area contributed by atoms with Crippen molar-refractivity contribution in [2.75, 3.05) is 49.4 Å². The number of nitrogens with zero attached hydrogens (tertiary/aromatic N) is 2. The molecule has 0 radical (unpaired) electrons. The molecule has 0 unspecified atom stereocenters. The summed E-state index contributed by atoms with van der Waals surface area (Å²) in [5, 5.41) is 0. The number of carbonyl (C=O) groups excluding carboxylic acids is 6. The van der Waals surface area contributed by atoms with Crippen LogP contribution in [-0.4, -0.2) is 75.5 Å². The van der Waals surface area contributed by atoms with Gasteiger partial charge in [0.15, 0.2) is 0 Å². The summed E-state index contributed by atoms with van der Waals surface area (Å²) < 4.78 is 32.9. The van der Waals surface area contributed by atoms with Gasteiger partial charge in [-0.3, -0.25) is 0 Å².